The molecule has 6 heteroatoms. The Morgan fingerprint density at radius 1 is 1.19 bits per heavy atom. The summed E-state index contributed by atoms with van der Waals surface area (Å²) in [7, 11) is 1.59. The number of nitrogen functional groups attached to an aromatic ring is 1. The summed E-state index contributed by atoms with van der Waals surface area (Å²) in [6.45, 7) is 4.32. The van der Waals surface area contributed by atoms with Gasteiger partial charge >= 0.3 is 0 Å². The van der Waals surface area contributed by atoms with Crippen molar-refractivity contribution in [2.75, 3.05) is 30.8 Å². The molecule has 1 aliphatic rings. The van der Waals surface area contributed by atoms with E-state index in [0.29, 0.717) is 17.3 Å². The van der Waals surface area contributed by atoms with E-state index in [-0.39, 0.29) is 5.91 Å². The molecule has 1 fully saturated rings. The van der Waals surface area contributed by atoms with Crippen LogP contribution in [-0.4, -0.2) is 35.7 Å². The molecular formula is C20H25N5O. The van der Waals surface area contributed by atoms with Crippen molar-refractivity contribution in [3.8, 4) is 0 Å². The number of carbonyl (C=O) groups is 1. The zero-order valence-corrected chi connectivity index (χ0v) is 15.2. The minimum atomic E-state index is -0.204. The third-order valence-corrected chi connectivity index (χ3v) is 4.50. The highest BCUT2D eigenvalue weighted by Gasteiger charge is 2.20. The second kappa shape index (κ2) is 7.91. The van der Waals surface area contributed by atoms with Crippen LogP contribution in [0.1, 0.15) is 23.8 Å². The highest BCUT2D eigenvalue weighted by atomic mass is 16.1. The first-order valence-electron chi connectivity index (χ1n) is 8.84. The fraction of sp³-hybridized carbons (Fsp3) is 0.300. The number of hydrogen-bond acceptors (Lipinski definition) is 4. The Kier molecular flexibility index (Phi) is 5.41. The van der Waals surface area contributed by atoms with E-state index >= 15 is 0 Å². The third-order valence-electron chi connectivity index (χ3n) is 4.50. The van der Waals surface area contributed by atoms with Gasteiger partial charge in [-0.25, -0.2) is 4.52 Å². The summed E-state index contributed by atoms with van der Waals surface area (Å²) in [4.78, 5) is 13.9. The smallest absolute Gasteiger partial charge is 0.271 e. The molecule has 1 atom stereocenters. The van der Waals surface area contributed by atoms with Gasteiger partial charge in [-0.2, -0.15) is 5.10 Å². The molecule has 3 N–H and O–H groups in total. The average molecular weight is 351 g/mol. The number of fused-ring (bicyclic) bond motifs is 1. The van der Waals surface area contributed by atoms with E-state index < -0.39 is 0 Å². The van der Waals surface area contributed by atoms with Crippen molar-refractivity contribution in [1.29, 1.82) is 0 Å². The molecule has 0 spiro atoms. The van der Waals surface area contributed by atoms with Crippen LogP contribution in [0, 0.1) is 5.92 Å². The molecule has 0 radical (unpaired) electrons. The maximum Gasteiger partial charge on any atom is 0.271 e. The standard InChI is InChI=1S/C14H19N5O.C6H6/c1-9-3-4-18(7-9)10-5-11(15)13-6-12(14(20)16-2)17-19(13)8-10;1-2-4-6-5-3-1/h5-6,8-9H,3-4,7,15H2,1-2H3,(H,16,20);1-6H. The molecule has 0 saturated carbocycles. The first kappa shape index (κ1) is 17.8. The van der Waals surface area contributed by atoms with Crippen LogP contribution in [0.25, 0.3) is 5.52 Å². The maximum absolute atomic E-state index is 11.6. The number of pyridine rings is 1. The summed E-state index contributed by atoms with van der Waals surface area (Å²) in [6, 6.07) is 15.7. The number of nitrogens with one attached hydrogen (secondary N) is 1. The van der Waals surface area contributed by atoms with Gasteiger partial charge < -0.3 is 16.0 Å². The molecule has 3 heterocycles. The zero-order valence-electron chi connectivity index (χ0n) is 15.2. The molecular weight excluding hydrogens is 326 g/mol. The van der Waals surface area contributed by atoms with E-state index in [0.717, 1.165) is 24.3 Å². The Morgan fingerprint density at radius 3 is 2.38 bits per heavy atom. The lowest BCUT2D eigenvalue weighted by Gasteiger charge is -2.18. The van der Waals surface area contributed by atoms with Crippen LogP contribution in [0.3, 0.4) is 0 Å². The van der Waals surface area contributed by atoms with Crippen LogP contribution in [-0.2, 0) is 0 Å². The molecule has 6 nitrogen and oxygen atoms in total. The van der Waals surface area contributed by atoms with Crippen LogP contribution in [0.15, 0.2) is 54.7 Å². The van der Waals surface area contributed by atoms with E-state index in [1.807, 2.05) is 48.7 Å². The van der Waals surface area contributed by atoms with Crippen molar-refractivity contribution in [2.24, 2.45) is 5.92 Å². The van der Waals surface area contributed by atoms with Crippen LogP contribution in [0.5, 0.6) is 0 Å². The number of hydrogen-bond donors (Lipinski definition) is 2. The number of amides is 1. The van der Waals surface area contributed by atoms with E-state index in [1.165, 1.54) is 6.42 Å². The number of anilines is 2. The second-order valence-corrected chi connectivity index (χ2v) is 6.59. The lowest BCUT2D eigenvalue weighted by molar-refractivity contribution is 0.0958. The minimum absolute atomic E-state index is 0.204. The quantitative estimate of drug-likeness (QED) is 0.744. The van der Waals surface area contributed by atoms with Gasteiger partial charge in [-0.1, -0.05) is 43.3 Å². The zero-order chi connectivity index (χ0) is 18.5. The molecule has 136 valence electrons. The molecule has 2 aromatic heterocycles. The molecule has 1 unspecified atom stereocenters. The van der Waals surface area contributed by atoms with Gasteiger partial charge in [0.2, 0.25) is 0 Å². The molecule has 1 aromatic carbocycles. The Labute approximate surface area is 153 Å². The summed E-state index contributed by atoms with van der Waals surface area (Å²) in [5.41, 5.74) is 8.94. The molecule has 4 rings (SSSR count). The number of aromatic nitrogens is 2. The predicted octanol–water partition coefficient (Wildman–Crippen LogP) is 2.81. The number of nitrogens with two attached hydrogens (primary N) is 1. The summed E-state index contributed by atoms with van der Waals surface area (Å²) in [5.74, 6) is 0.496. The maximum atomic E-state index is 11.6. The number of benzene rings is 1. The first-order chi connectivity index (χ1) is 12.6. The Balaban J connectivity index is 0.000000278. The topological polar surface area (TPSA) is 75.7 Å². The van der Waals surface area contributed by atoms with Crippen molar-refractivity contribution >= 4 is 22.8 Å². The van der Waals surface area contributed by atoms with Gasteiger partial charge in [-0.15, -0.1) is 0 Å². The van der Waals surface area contributed by atoms with E-state index in [2.05, 4.69) is 22.2 Å². The summed E-state index contributed by atoms with van der Waals surface area (Å²) >= 11 is 0. The van der Waals surface area contributed by atoms with E-state index in [4.69, 9.17) is 5.73 Å². The molecule has 1 saturated heterocycles. The van der Waals surface area contributed by atoms with Gasteiger partial charge in [0.15, 0.2) is 5.69 Å². The Hall–Kier alpha value is -3.02. The number of nitrogens with zero attached hydrogens (tertiary/aromatic N) is 3. The fourth-order valence-electron chi connectivity index (χ4n) is 3.07. The van der Waals surface area contributed by atoms with Gasteiger partial charge in [0.25, 0.3) is 5.91 Å². The van der Waals surface area contributed by atoms with Crippen LogP contribution in [0.2, 0.25) is 0 Å². The lowest BCUT2D eigenvalue weighted by atomic mass is 10.2. The number of rotatable bonds is 2. The first-order valence-corrected chi connectivity index (χ1v) is 8.84. The molecule has 1 aliphatic heterocycles. The van der Waals surface area contributed by atoms with Crippen LogP contribution in [0.4, 0.5) is 11.4 Å². The van der Waals surface area contributed by atoms with Crippen LogP contribution >= 0.6 is 0 Å². The Morgan fingerprint density at radius 2 is 1.85 bits per heavy atom. The van der Waals surface area contributed by atoms with Crippen molar-refractivity contribution < 1.29 is 4.79 Å². The average Bonchev–Trinajstić information content (AvgIpc) is 3.29. The van der Waals surface area contributed by atoms with Crippen LogP contribution < -0.4 is 16.0 Å². The lowest BCUT2D eigenvalue weighted by Crippen LogP contribution is -2.20. The van der Waals surface area contributed by atoms with Gasteiger partial charge in [0.1, 0.15) is 0 Å². The Bertz CT molecular complexity index is 848. The molecule has 3 aromatic rings. The fourth-order valence-corrected chi connectivity index (χ4v) is 3.07. The highest BCUT2D eigenvalue weighted by molar-refractivity contribution is 5.94. The summed E-state index contributed by atoms with van der Waals surface area (Å²) in [5, 5.41) is 6.86. The predicted molar refractivity (Wildman–Crippen MR) is 105 cm³/mol. The SMILES string of the molecule is CNC(=O)c1cc2c(N)cc(N3CCC(C)C3)cn2n1.c1ccccc1. The normalized spacial score (nSPS) is 16.2. The van der Waals surface area contributed by atoms with Gasteiger partial charge in [-0.3, -0.25) is 4.79 Å². The summed E-state index contributed by atoms with van der Waals surface area (Å²) < 4.78 is 1.69. The summed E-state index contributed by atoms with van der Waals surface area (Å²) in [6.07, 6.45) is 3.14. The van der Waals surface area contributed by atoms with Crippen molar-refractivity contribution in [2.45, 2.75) is 13.3 Å². The minimum Gasteiger partial charge on any atom is -0.397 e. The van der Waals surface area contributed by atoms with Gasteiger partial charge in [0, 0.05) is 20.1 Å². The van der Waals surface area contributed by atoms with Crippen molar-refractivity contribution in [3.05, 3.63) is 60.4 Å². The molecule has 0 bridgehead atoms. The molecule has 0 aliphatic carbocycles. The number of carbonyl (C=O) groups excluding carboxylic acids is 1. The molecule has 26 heavy (non-hydrogen) atoms. The van der Waals surface area contributed by atoms with E-state index in [1.54, 1.807) is 17.6 Å². The molecule has 1 amide bonds. The van der Waals surface area contributed by atoms with Crippen molar-refractivity contribution in [3.63, 3.8) is 0 Å². The monoisotopic (exact) mass is 351 g/mol. The second-order valence-electron chi connectivity index (χ2n) is 6.59. The third kappa shape index (κ3) is 3.96. The van der Waals surface area contributed by atoms with Crippen molar-refractivity contribution in [1.82, 2.24) is 14.9 Å². The largest absolute Gasteiger partial charge is 0.397 e. The van der Waals surface area contributed by atoms with Gasteiger partial charge in [0.05, 0.1) is 23.1 Å². The highest BCUT2D eigenvalue weighted by Crippen LogP contribution is 2.27. The van der Waals surface area contributed by atoms with Gasteiger partial charge in [-0.05, 0) is 24.5 Å². The van der Waals surface area contributed by atoms with E-state index in [9.17, 15) is 4.79 Å².